The second-order valence-electron chi connectivity index (χ2n) is 6.32. The van der Waals surface area contributed by atoms with Crippen LogP contribution in [0.4, 0.5) is 0 Å². The third kappa shape index (κ3) is 6.30. The molecule has 1 aliphatic heterocycles. The predicted octanol–water partition coefficient (Wildman–Crippen LogP) is 2.68. The van der Waals surface area contributed by atoms with Crippen molar-refractivity contribution in [1.82, 2.24) is 10.2 Å². The molecule has 7 heteroatoms. The summed E-state index contributed by atoms with van der Waals surface area (Å²) in [5.74, 6) is -0.677. The first-order chi connectivity index (χ1) is 13.0. The summed E-state index contributed by atoms with van der Waals surface area (Å²) in [7, 11) is 0. The molecule has 27 heavy (non-hydrogen) atoms. The third-order valence-electron chi connectivity index (χ3n) is 4.47. The normalized spacial score (nSPS) is 15.1. The molecule has 0 bridgehead atoms. The second-order valence-corrected chi connectivity index (χ2v) is 6.76. The van der Waals surface area contributed by atoms with Gasteiger partial charge in [-0.2, -0.15) is 5.26 Å². The number of ether oxygens (including phenoxy) is 1. The van der Waals surface area contributed by atoms with Crippen molar-refractivity contribution in [3.8, 4) is 6.07 Å². The van der Waals surface area contributed by atoms with Gasteiger partial charge in [0, 0.05) is 30.9 Å². The van der Waals surface area contributed by atoms with Gasteiger partial charge in [0.25, 0.3) is 5.91 Å². The SMILES string of the molecule is CCOC(=O)C1CCN(C(=O)/C(C#N)=C\NCCc2ccc(Cl)cc2)CC1. The average Bonchev–Trinajstić information content (AvgIpc) is 2.69. The van der Waals surface area contributed by atoms with Crippen LogP contribution < -0.4 is 5.32 Å². The lowest BCUT2D eigenvalue weighted by Crippen LogP contribution is -2.41. The highest BCUT2D eigenvalue weighted by Gasteiger charge is 2.29. The van der Waals surface area contributed by atoms with Gasteiger partial charge in [-0.15, -0.1) is 0 Å². The molecule has 0 atom stereocenters. The van der Waals surface area contributed by atoms with Crippen LogP contribution in [0.1, 0.15) is 25.3 Å². The Labute approximate surface area is 164 Å². The van der Waals surface area contributed by atoms with E-state index in [1.165, 1.54) is 6.20 Å². The smallest absolute Gasteiger partial charge is 0.309 e. The van der Waals surface area contributed by atoms with Crippen LogP contribution in [0.2, 0.25) is 5.02 Å². The Balaban J connectivity index is 1.81. The number of rotatable bonds is 7. The molecule has 0 saturated carbocycles. The number of benzene rings is 1. The maximum atomic E-state index is 12.5. The van der Waals surface area contributed by atoms with Crippen molar-refractivity contribution < 1.29 is 14.3 Å². The molecule has 0 aromatic heterocycles. The van der Waals surface area contributed by atoms with E-state index in [1.807, 2.05) is 30.3 Å². The molecule has 1 aliphatic rings. The molecule has 1 saturated heterocycles. The van der Waals surface area contributed by atoms with Crippen molar-refractivity contribution in [3.63, 3.8) is 0 Å². The monoisotopic (exact) mass is 389 g/mol. The van der Waals surface area contributed by atoms with E-state index in [1.54, 1.807) is 11.8 Å². The Hall–Kier alpha value is -2.52. The molecule has 1 aromatic rings. The molecule has 2 rings (SSSR count). The first-order valence-electron chi connectivity index (χ1n) is 9.09. The van der Waals surface area contributed by atoms with Gasteiger partial charge < -0.3 is 15.0 Å². The van der Waals surface area contributed by atoms with E-state index in [0.29, 0.717) is 44.1 Å². The summed E-state index contributed by atoms with van der Waals surface area (Å²) in [6, 6.07) is 9.50. The lowest BCUT2D eigenvalue weighted by molar-refractivity contribution is -0.150. The standard InChI is InChI=1S/C20H24ClN3O3/c1-2-27-20(26)16-8-11-24(12-9-16)19(25)17(13-22)14-23-10-7-15-3-5-18(21)6-4-15/h3-6,14,16,23H,2,7-12H2,1H3/b17-14-. The van der Waals surface area contributed by atoms with Crippen LogP contribution in [0.5, 0.6) is 0 Å². The first-order valence-corrected chi connectivity index (χ1v) is 9.47. The zero-order valence-electron chi connectivity index (χ0n) is 15.4. The van der Waals surface area contributed by atoms with Crippen molar-refractivity contribution in [2.45, 2.75) is 26.2 Å². The Morgan fingerprint density at radius 2 is 2.00 bits per heavy atom. The highest BCUT2D eigenvalue weighted by molar-refractivity contribution is 6.30. The fraction of sp³-hybridized carbons (Fsp3) is 0.450. The minimum absolute atomic E-state index is 0.0701. The van der Waals surface area contributed by atoms with Gasteiger partial charge in [0.1, 0.15) is 11.6 Å². The Kier molecular flexibility index (Phi) is 8.15. The number of nitrogens with zero attached hydrogens (tertiary/aromatic N) is 2. The van der Waals surface area contributed by atoms with Gasteiger partial charge in [0.2, 0.25) is 0 Å². The van der Waals surface area contributed by atoms with Gasteiger partial charge in [-0.25, -0.2) is 0 Å². The van der Waals surface area contributed by atoms with E-state index in [2.05, 4.69) is 5.32 Å². The number of piperidine rings is 1. The van der Waals surface area contributed by atoms with E-state index in [9.17, 15) is 14.9 Å². The molecule has 1 heterocycles. The van der Waals surface area contributed by atoms with Crippen LogP contribution >= 0.6 is 11.6 Å². The van der Waals surface area contributed by atoms with Crippen LogP contribution in [0.3, 0.4) is 0 Å². The molecule has 144 valence electrons. The number of nitriles is 1. The van der Waals surface area contributed by atoms with E-state index in [-0.39, 0.29) is 23.4 Å². The van der Waals surface area contributed by atoms with Crippen LogP contribution in [-0.4, -0.2) is 43.0 Å². The summed E-state index contributed by atoms with van der Waals surface area (Å²) < 4.78 is 5.03. The molecule has 1 amide bonds. The van der Waals surface area contributed by atoms with E-state index < -0.39 is 0 Å². The molecule has 1 N–H and O–H groups in total. The van der Waals surface area contributed by atoms with Crippen molar-refractivity contribution in [2.75, 3.05) is 26.2 Å². The maximum absolute atomic E-state index is 12.5. The number of carbonyl (C=O) groups is 2. The van der Waals surface area contributed by atoms with Crippen molar-refractivity contribution >= 4 is 23.5 Å². The fourth-order valence-electron chi connectivity index (χ4n) is 2.93. The van der Waals surface area contributed by atoms with E-state index in [0.717, 1.165) is 12.0 Å². The Bertz CT molecular complexity index is 717. The molecular weight excluding hydrogens is 366 g/mol. The molecule has 0 aliphatic carbocycles. The van der Waals surface area contributed by atoms with Gasteiger partial charge in [-0.05, 0) is 43.9 Å². The number of esters is 1. The summed E-state index contributed by atoms with van der Waals surface area (Å²) in [5.41, 5.74) is 1.19. The van der Waals surface area contributed by atoms with Crippen molar-refractivity contribution in [2.24, 2.45) is 5.92 Å². The summed E-state index contributed by atoms with van der Waals surface area (Å²) in [4.78, 5) is 25.9. The Morgan fingerprint density at radius 3 is 2.59 bits per heavy atom. The highest BCUT2D eigenvalue weighted by Crippen LogP contribution is 2.20. The summed E-state index contributed by atoms with van der Waals surface area (Å²) >= 11 is 5.85. The van der Waals surface area contributed by atoms with Crippen LogP contribution in [0.25, 0.3) is 0 Å². The molecule has 0 spiro atoms. The molecule has 1 aromatic carbocycles. The van der Waals surface area contributed by atoms with Crippen LogP contribution in [0.15, 0.2) is 36.0 Å². The number of hydrogen-bond donors (Lipinski definition) is 1. The van der Waals surface area contributed by atoms with Crippen LogP contribution in [-0.2, 0) is 20.7 Å². The number of carbonyl (C=O) groups excluding carboxylic acids is 2. The predicted molar refractivity (Wildman–Crippen MR) is 103 cm³/mol. The molecular formula is C20H24ClN3O3. The molecule has 1 fully saturated rings. The first kappa shape index (κ1) is 20.8. The summed E-state index contributed by atoms with van der Waals surface area (Å²) in [6.45, 7) is 3.64. The zero-order valence-corrected chi connectivity index (χ0v) is 16.2. The maximum Gasteiger partial charge on any atom is 0.309 e. The fourth-order valence-corrected chi connectivity index (χ4v) is 3.06. The quantitative estimate of drug-likeness (QED) is 0.335. The number of amides is 1. The van der Waals surface area contributed by atoms with Gasteiger partial charge in [-0.1, -0.05) is 23.7 Å². The van der Waals surface area contributed by atoms with Gasteiger partial charge in [0.15, 0.2) is 0 Å². The lowest BCUT2D eigenvalue weighted by atomic mass is 9.96. The largest absolute Gasteiger partial charge is 0.466 e. The summed E-state index contributed by atoms with van der Waals surface area (Å²) in [5, 5.41) is 13.0. The average molecular weight is 390 g/mol. The number of halogens is 1. The molecule has 6 nitrogen and oxygen atoms in total. The second kappa shape index (κ2) is 10.6. The van der Waals surface area contributed by atoms with Crippen molar-refractivity contribution in [1.29, 1.82) is 5.26 Å². The molecule has 0 unspecified atom stereocenters. The molecule has 0 radical (unpaired) electrons. The number of nitrogens with one attached hydrogen (secondary N) is 1. The topological polar surface area (TPSA) is 82.4 Å². The summed E-state index contributed by atoms with van der Waals surface area (Å²) in [6.07, 6.45) is 3.35. The lowest BCUT2D eigenvalue weighted by Gasteiger charge is -2.30. The zero-order chi connectivity index (χ0) is 19.6. The number of likely N-dealkylation sites (tertiary alicyclic amines) is 1. The number of hydrogen-bond acceptors (Lipinski definition) is 5. The minimum Gasteiger partial charge on any atom is -0.466 e. The van der Waals surface area contributed by atoms with E-state index in [4.69, 9.17) is 16.3 Å². The van der Waals surface area contributed by atoms with Gasteiger partial charge >= 0.3 is 5.97 Å². The van der Waals surface area contributed by atoms with Crippen LogP contribution in [0, 0.1) is 17.2 Å². The minimum atomic E-state index is -0.307. The van der Waals surface area contributed by atoms with E-state index >= 15 is 0 Å². The van der Waals surface area contributed by atoms with Gasteiger partial charge in [-0.3, -0.25) is 9.59 Å². The highest BCUT2D eigenvalue weighted by atomic mass is 35.5. The van der Waals surface area contributed by atoms with Gasteiger partial charge in [0.05, 0.1) is 12.5 Å². The third-order valence-corrected chi connectivity index (χ3v) is 4.72. The Morgan fingerprint density at radius 1 is 1.33 bits per heavy atom. The van der Waals surface area contributed by atoms with Crippen molar-refractivity contribution in [3.05, 3.63) is 46.6 Å².